The fraction of sp³-hybridized carbons (Fsp3) is 0.333. The highest BCUT2D eigenvalue weighted by molar-refractivity contribution is 9.10. The van der Waals surface area contributed by atoms with Crippen LogP contribution in [-0.4, -0.2) is 22.1 Å². The molecule has 6 heteroatoms. The van der Waals surface area contributed by atoms with Crippen LogP contribution in [0.4, 0.5) is 0 Å². The van der Waals surface area contributed by atoms with Crippen LogP contribution < -0.4 is 0 Å². The Hall–Kier alpha value is -0.720. The van der Waals surface area contributed by atoms with Gasteiger partial charge in [-0.1, -0.05) is 49.1 Å². The van der Waals surface area contributed by atoms with Crippen molar-refractivity contribution in [3.63, 3.8) is 0 Å². The van der Waals surface area contributed by atoms with Crippen molar-refractivity contribution in [2.45, 2.75) is 25.4 Å². The predicted molar refractivity (Wildman–Crippen MR) is 93.5 cm³/mol. The van der Waals surface area contributed by atoms with Gasteiger partial charge in [-0.3, -0.25) is 0 Å². The van der Waals surface area contributed by atoms with Gasteiger partial charge in [0.2, 0.25) is 0 Å². The molecule has 1 aromatic heterocycles. The molecule has 0 aliphatic carbocycles. The van der Waals surface area contributed by atoms with Crippen LogP contribution in [0.2, 0.25) is 0 Å². The van der Waals surface area contributed by atoms with E-state index in [0.29, 0.717) is 0 Å². The molecule has 1 aliphatic rings. The first kappa shape index (κ1) is 15.2. The van der Waals surface area contributed by atoms with E-state index in [1.54, 1.807) is 11.3 Å². The van der Waals surface area contributed by atoms with Gasteiger partial charge < -0.3 is 4.84 Å². The Kier molecular flexibility index (Phi) is 5.08. The van der Waals surface area contributed by atoms with E-state index in [2.05, 4.69) is 59.5 Å². The van der Waals surface area contributed by atoms with E-state index < -0.39 is 0 Å². The third-order valence-corrected chi connectivity index (χ3v) is 5.11. The quantitative estimate of drug-likeness (QED) is 0.652. The van der Waals surface area contributed by atoms with Crippen LogP contribution in [0.3, 0.4) is 0 Å². The van der Waals surface area contributed by atoms with E-state index in [-0.39, 0.29) is 6.10 Å². The molecule has 1 aliphatic heterocycles. The Bertz CT molecular complexity index is 639. The molecule has 2 aromatic rings. The molecule has 0 saturated heterocycles. The van der Waals surface area contributed by atoms with Crippen molar-refractivity contribution < 1.29 is 4.84 Å². The van der Waals surface area contributed by atoms with Crippen LogP contribution in [0.25, 0.3) is 0 Å². The summed E-state index contributed by atoms with van der Waals surface area (Å²) in [7, 11) is 0. The number of benzene rings is 1. The number of hydrogen-bond donors (Lipinski definition) is 0. The first-order valence-electron chi connectivity index (χ1n) is 6.72. The summed E-state index contributed by atoms with van der Waals surface area (Å²) in [6.07, 6.45) is 2.75. The minimum Gasteiger partial charge on any atom is -0.391 e. The number of oxime groups is 1. The molecular weight excluding hydrogens is 416 g/mol. The second-order valence-electron chi connectivity index (χ2n) is 4.85. The van der Waals surface area contributed by atoms with Crippen molar-refractivity contribution in [2.24, 2.45) is 5.16 Å². The predicted octanol–water partition coefficient (Wildman–Crippen LogP) is 4.58. The number of aryl methyl sites for hydroxylation is 1. The largest absolute Gasteiger partial charge is 0.391 e. The van der Waals surface area contributed by atoms with Crippen LogP contribution in [0, 0.1) is 0 Å². The summed E-state index contributed by atoms with van der Waals surface area (Å²) < 4.78 is 1.07. The Morgan fingerprint density at radius 3 is 2.86 bits per heavy atom. The lowest BCUT2D eigenvalue weighted by Gasteiger charge is -2.05. The summed E-state index contributed by atoms with van der Waals surface area (Å²) >= 11 is 8.59. The second-order valence-corrected chi connectivity index (χ2v) is 7.50. The van der Waals surface area contributed by atoms with Gasteiger partial charge in [0.05, 0.1) is 16.4 Å². The highest BCUT2D eigenvalue weighted by Crippen LogP contribution is 2.22. The molecule has 1 unspecified atom stereocenters. The first-order chi connectivity index (χ1) is 10.2. The van der Waals surface area contributed by atoms with Crippen LogP contribution in [0.5, 0.6) is 0 Å². The van der Waals surface area contributed by atoms with Gasteiger partial charge >= 0.3 is 0 Å². The number of alkyl halides is 1. The van der Waals surface area contributed by atoms with Crippen LogP contribution in [-0.2, 0) is 17.7 Å². The van der Waals surface area contributed by atoms with Crippen LogP contribution in [0.1, 0.15) is 22.7 Å². The molecule has 3 nitrogen and oxygen atoms in total. The lowest BCUT2D eigenvalue weighted by Crippen LogP contribution is -2.11. The summed E-state index contributed by atoms with van der Waals surface area (Å²) in [5.41, 5.74) is 3.29. The molecule has 0 fully saturated rings. The molecule has 3 rings (SSSR count). The number of hydrogen-bond acceptors (Lipinski definition) is 4. The van der Waals surface area contributed by atoms with Crippen molar-refractivity contribution in [3.05, 3.63) is 50.4 Å². The third kappa shape index (κ3) is 3.93. The maximum absolute atomic E-state index is 5.56. The molecule has 0 N–H and O–H groups in total. The van der Waals surface area contributed by atoms with Crippen molar-refractivity contribution in [1.82, 2.24) is 4.98 Å². The molecule has 21 heavy (non-hydrogen) atoms. The number of aromatic nitrogens is 1. The molecule has 110 valence electrons. The molecule has 1 aromatic carbocycles. The lowest BCUT2D eigenvalue weighted by molar-refractivity contribution is 0.0858. The molecule has 1 atom stereocenters. The van der Waals surface area contributed by atoms with E-state index >= 15 is 0 Å². The van der Waals surface area contributed by atoms with Crippen LogP contribution in [0.15, 0.2) is 39.3 Å². The zero-order valence-electron chi connectivity index (χ0n) is 11.3. The minimum absolute atomic E-state index is 0.103. The maximum atomic E-state index is 5.56. The Morgan fingerprint density at radius 2 is 2.10 bits per heavy atom. The number of halogens is 2. The van der Waals surface area contributed by atoms with Gasteiger partial charge in [0.15, 0.2) is 0 Å². The number of thiazole rings is 1. The fourth-order valence-corrected chi connectivity index (χ4v) is 3.76. The van der Waals surface area contributed by atoms with E-state index in [0.717, 1.165) is 51.0 Å². The highest BCUT2D eigenvalue weighted by Gasteiger charge is 2.23. The average Bonchev–Trinajstić information content (AvgIpc) is 3.11. The van der Waals surface area contributed by atoms with E-state index in [1.165, 1.54) is 0 Å². The normalized spacial score (nSPS) is 17.6. The minimum atomic E-state index is 0.103. The number of rotatable bonds is 5. The first-order valence-corrected chi connectivity index (χ1v) is 9.52. The van der Waals surface area contributed by atoms with E-state index in [9.17, 15) is 0 Å². The second kappa shape index (κ2) is 7.03. The van der Waals surface area contributed by atoms with Gasteiger partial charge in [0, 0.05) is 34.4 Å². The zero-order chi connectivity index (χ0) is 14.7. The monoisotopic (exact) mass is 428 g/mol. The van der Waals surface area contributed by atoms with Crippen molar-refractivity contribution >= 4 is 48.9 Å². The van der Waals surface area contributed by atoms with Gasteiger partial charge in [0.1, 0.15) is 6.10 Å². The Balaban J connectivity index is 1.59. The summed E-state index contributed by atoms with van der Waals surface area (Å²) in [6.45, 7) is 0. The maximum Gasteiger partial charge on any atom is 0.139 e. The van der Waals surface area contributed by atoms with Crippen molar-refractivity contribution in [3.8, 4) is 0 Å². The fourth-order valence-electron chi connectivity index (χ4n) is 2.20. The third-order valence-electron chi connectivity index (χ3n) is 3.26. The molecule has 2 heterocycles. The van der Waals surface area contributed by atoms with E-state index in [4.69, 9.17) is 4.84 Å². The van der Waals surface area contributed by atoms with Gasteiger partial charge in [-0.15, -0.1) is 11.3 Å². The van der Waals surface area contributed by atoms with Crippen molar-refractivity contribution in [2.75, 3.05) is 5.33 Å². The molecule has 0 saturated carbocycles. The average molecular weight is 430 g/mol. The molecule has 0 amide bonds. The highest BCUT2D eigenvalue weighted by atomic mass is 79.9. The molecular formula is C15H14Br2N2OS. The smallest absolute Gasteiger partial charge is 0.139 e. The van der Waals surface area contributed by atoms with Crippen LogP contribution >= 0.6 is 43.2 Å². The van der Waals surface area contributed by atoms with Gasteiger partial charge in [-0.25, -0.2) is 4.98 Å². The molecule has 0 bridgehead atoms. The summed E-state index contributed by atoms with van der Waals surface area (Å²) in [6, 6.07) is 8.18. The SMILES string of the molecule is BrCCc1csc(CC2CC(c3ccc(Br)cc3)=NO2)n1. The van der Waals surface area contributed by atoms with Crippen molar-refractivity contribution in [1.29, 1.82) is 0 Å². The lowest BCUT2D eigenvalue weighted by atomic mass is 10.0. The number of nitrogens with zero attached hydrogens (tertiary/aromatic N) is 2. The topological polar surface area (TPSA) is 34.5 Å². The van der Waals surface area contributed by atoms with E-state index in [1.807, 2.05) is 12.1 Å². The standard InChI is InChI=1S/C15H14Br2N2OS/c16-6-5-12-9-21-15(18-12)8-13-7-14(19-20-13)10-1-3-11(17)4-2-10/h1-4,9,13H,5-8H2. The van der Waals surface area contributed by atoms with Gasteiger partial charge in [0.25, 0.3) is 0 Å². The summed E-state index contributed by atoms with van der Waals surface area (Å²) in [4.78, 5) is 10.2. The Morgan fingerprint density at radius 1 is 1.29 bits per heavy atom. The van der Waals surface area contributed by atoms with Gasteiger partial charge in [-0.05, 0) is 17.7 Å². The Labute approximate surface area is 144 Å². The van der Waals surface area contributed by atoms with Gasteiger partial charge in [-0.2, -0.15) is 0 Å². The summed E-state index contributed by atoms with van der Waals surface area (Å²) in [5, 5.41) is 8.43. The molecule has 0 spiro atoms. The molecule has 0 radical (unpaired) electrons. The summed E-state index contributed by atoms with van der Waals surface area (Å²) in [5.74, 6) is 0. The zero-order valence-corrected chi connectivity index (χ0v) is 15.2.